The van der Waals surface area contributed by atoms with Gasteiger partial charge in [-0.25, -0.2) is 4.98 Å². The van der Waals surface area contributed by atoms with Crippen molar-refractivity contribution in [2.24, 2.45) is 0 Å². The van der Waals surface area contributed by atoms with Gasteiger partial charge < -0.3 is 5.32 Å². The van der Waals surface area contributed by atoms with Gasteiger partial charge in [-0.3, -0.25) is 0 Å². The summed E-state index contributed by atoms with van der Waals surface area (Å²) in [5.74, 6) is -0.185. The first kappa shape index (κ1) is 12.4. The maximum Gasteiger partial charge on any atom is 0.419 e. The summed E-state index contributed by atoms with van der Waals surface area (Å²) in [6.45, 7) is 1.87. The van der Waals surface area contributed by atoms with E-state index in [4.69, 9.17) is 0 Å². The maximum absolute atomic E-state index is 12.8. The highest BCUT2D eigenvalue weighted by Crippen LogP contribution is 2.34. The number of nitrogens with zero attached hydrogens (tertiary/aromatic N) is 1. The third-order valence-corrected chi connectivity index (χ3v) is 2.39. The van der Waals surface area contributed by atoms with Crippen LogP contribution < -0.4 is 5.32 Å². The molecule has 1 aromatic heterocycles. The molecule has 0 aliphatic carbocycles. The van der Waals surface area contributed by atoms with Gasteiger partial charge >= 0.3 is 6.18 Å². The molecular formula is C13H11F3N2. The summed E-state index contributed by atoms with van der Waals surface area (Å²) in [6.07, 6.45) is -3.09. The van der Waals surface area contributed by atoms with Crippen molar-refractivity contribution in [2.75, 3.05) is 5.32 Å². The number of alkyl halides is 3. The van der Waals surface area contributed by atoms with Crippen LogP contribution in [0.4, 0.5) is 24.7 Å². The molecule has 94 valence electrons. The number of rotatable bonds is 2. The second kappa shape index (κ2) is 4.68. The smallest absolute Gasteiger partial charge is 0.340 e. The molecule has 1 heterocycles. The van der Waals surface area contributed by atoms with Crippen LogP contribution in [0.3, 0.4) is 0 Å². The van der Waals surface area contributed by atoms with Gasteiger partial charge in [-0.15, -0.1) is 0 Å². The van der Waals surface area contributed by atoms with E-state index in [1.807, 2.05) is 13.0 Å². The molecule has 0 amide bonds. The Morgan fingerprint density at radius 2 is 1.89 bits per heavy atom. The highest BCUT2D eigenvalue weighted by atomic mass is 19.4. The number of aromatic nitrogens is 1. The average molecular weight is 252 g/mol. The van der Waals surface area contributed by atoms with E-state index < -0.39 is 11.7 Å². The van der Waals surface area contributed by atoms with Crippen LogP contribution in [0.15, 0.2) is 42.6 Å². The molecule has 0 spiro atoms. The lowest BCUT2D eigenvalue weighted by Crippen LogP contribution is -2.09. The van der Waals surface area contributed by atoms with Crippen LogP contribution in [0, 0.1) is 6.92 Å². The lowest BCUT2D eigenvalue weighted by atomic mass is 10.2. The SMILES string of the molecule is Cc1cccc(Nc2ncccc2C(F)(F)F)c1. The summed E-state index contributed by atoms with van der Waals surface area (Å²) in [4.78, 5) is 3.74. The van der Waals surface area contributed by atoms with Gasteiger partial charge in [0.2, 0.25) is 0 Å². The highest BCUT2D eigenvalue weighted by molar-refractivity contribution is 5.60. The van der Waals surface area contributed by atoms with Gasteiger partial charge in [0.05, 0.1) is 5.56 Å². The number of hydrogen-bond donors (Lipinski definition) is 1. The van der Waals surface area contributed by atoms with E-state index in [2.05, 4.69) is 10.3 Å². The quantitative estimate of drug-likeness (QED) is 0.868. The Labute approximate surface area is 102 Å². The summed E-state index contributed by atoms with van der Waals surface area (Å²) in [7, 11) is 0. The maximum atomic E-state index is 12.8. The third-order valence-electron chi connectivity index (χ3n) is 2.39. The molecule has 2 nitrogen and oxygen atoms in total. The highest BCUT2D eigenvalue weighted by Gasteiger charge is 2.34. The second-order valence-corrected chi connectivity index (χ2v) is 3.89. The lowest BCUT2D eigenvalue weighted by Gasteiger charge is -2.13. The molecule has 0 bridgehead atoms. The number of benzene rings is 1. The number of pyridine rings is 1. The first-order valence-corrected chi connectivity index (χ1v) is 5.33. The van der Waals surface area contributed by atoms with Crippen LogP contribution >= 0.6 is 0 Å². The fraction of sp³-hybridized carbons (Fsp3) is 0.154. The van der Waals surface area contributed by atoms with Gasteiger partial charge in [0.15, 0.2) is 0 Å². The molecule has 0 aliphatic heterocycles. The van der Waals surface area contributed by atoms with Crippen LogP contribution in [-0.2, 0) is 6.18 Å². The molecule has 0 unspecified atom stereocenters. The normalized spacial score (nSPS) is 11.3. The Morgan fingerprint density at radius 3 is 2.56 bits per heavy atom. The van der Waals surface area contributed by atoms with Gasteiger partial charge in [0.25, 0.3) is 0 Å². The standard InChI is InChI=1S/C13H11F3N2/c1-9-4-2-5-10(8-9)18-12-11(13(14,15)16)6-3-7-17-12/h2-8H,1H3,(H,17,18). The van der Waals surface area contributed by atoms with Gasteiger partial charge in [0.1, 0.15) is 5.82 Å². The van der Waals surface area contributed by atoms with E-state index in [9.17, 15) is 13.2 Å². The van der Waals surface area contributed by atoms with Gasteiger partial charge in [-0.1, -0.05) is 12.1 Å². The van der Waals surface area contributed by atoms with E-state index >= 15 is 0 Å². The molecule has 2 rings (SSSR count). The summed E-state index contributed by atoms with van der Waals surface area (Å²) in [5.41, 5.74) is 0.773. The largest absolute Gasteiger partial charge is 0.419 e. The fourth-order valence-electron chi connectivity index (χ4n) is 1.59. The monoisotopic (exact) mass is 252 g/mol. The summed E-state index contributed by atoms with van der Waals surface area (Å²) in [5, 5.41) is 2.69. The number of aryl methyl sites for hydroxylation is 1. The molecule has 0 radical (unpaired) electrons. The van der Waals surface area contributed by atoms with Gasteiger partial charge in [-0.05, 0) is 36.8 Å². The Hall–Kier alpha value is -2.04. The van der Waals surface area contributed by atoms with Crippen LogP contribution in [0.1, 0.15) is 11.1 Å². The van der Waals surface area contributed by atoms with E-state index in [1.165, 1.54) is 12.3 Å². The first-order chi connectivity index (χ1) is 8.47. The first-order valence-electron chi connectivity index (χ1n) is 5.33. The molecule has 1 N–H and O–H groups in total. The number of hydrogen-bond acceptors (Lipinski definition) is 2. The molecule has 0 aliphatic rings. The van der Waals surface area contributed by atoms with E-state index in [0.29, 0.717) is 5.69 Å². The number of nitrogens with one attached hydrogen (secondary N) is 1. The predicted octanol–water partition coefficient (Wildman–Crippen LogP) is 4.15. The van der Waals surface area contributed by atoms with Crippen LogP contribution in [0.2, 0.25) is 0 Å². The Kier molecular flexibility index (Phi) is 3.23. The molecule has 0 fully saturated rings. The molecule has 1 aromatic carbocycles. The van der Waals surface area contributed by atoms with Crippen LogP contribution in [0.5, 0.6) is 0 Å². The van der Waals surface area contributed by atoms with Crippen molar-refractivity contribution in [3.8, 4) is 0 Å². The van der Waals surface area contributed by atoms with Crippen molar-refractivity contribution in [3.63, 3.8) is 0 Å². The molecule has 0 atom stereocenters. The average Bonchev–Trinajstić information content (AvgIpc) is 2.28. The minimum Gasteiger partial charge on any atom is -0.340 e. The molecule has 18 heavy (non-hydrogen) atoms. The predicted molar refractivity (Wildman–Crippen MR) is 63.7 cm³/mol. The Bertz CT molecular complexity index is 550. The lowest BCUT2D eigenvalue weighted by molar-refractivity contribution is -0.137. The van der Waals surface area contributed by atoms with Crippen molar-refractivity contribution in [1.29, 1.82) is 0 Å². The van der Waals surface area contributed by atoms with Crippen molar-refractivity contribution < 1.29 is 13.2 Å². The Balaban J connectivity index is 2.35. The fourth-order valence-corrected chi connectivity index (χ4v) is 1.59. The minimum atomic E-state index is -4.42. The molecule has 2 aromatic rings. The van der Waals surface area contributed by atoms with Crippen LogP contribution in [0.25, 0.3) is 0 Å². The van der Waals surface area contributed by atoms with E-state index in [1.54, 1.807) is 18.2 Å². The molecule has 0 saturated heterocycles. The van der Waals surface area contributed by atoms with Crippen molar-refractivity contribution in [2.45, 2.75) is 13.1 Å². The molecule has 0 saturated carbocycles. The zero-order chi connectivity index (χ0) is 13.2. The zero-order valence-corrected chi connectivity index (χ0v) is 9.62. The van der Waals surface area contributed by atoms with Crippen molar-refractivity contribution in [3.05, 3.63) is 53.7 Å². The topological polar surface area (TPSA) is 24.9 Å². The Morgan fingerprint density at radius 1 is 1.11 bits per heavy atom. The molecular weight excluding hydrogens is 241 g/mol. The third kappa shape index (κ3) is 2.80. The molecule has 5 heteroatoms. The summed E-state index contributed by atoms with van der Waals surface area (Å²) < 4.78 is 38.3. The van der Waals surface area contributed by atoms with Gasteiger partial charge in [0, 0.05) is 11.9 Å². The van der Waals surface area contributed by atoms with E-state index in [-0.39, 0.29) is 5.82 Å². The van der Waals surface area contributed by atoms with Crippen LogP contribution in [-0.4, -0.2) is 4.98 Å². The number of anilines is 2. The van der Waals surface area contributed by atoms with Gasteiger partial charge in [-0.2, -0.15) is 13.2 Å². The summed E-state index contributed by atoms with van der Waals surface area (Å²) >= 11 is 0. The van der Waals surface area contributed by atoms with Crippen molar-refractivity contribution >= 4 is 11.5 Å². The van der Waals surface area contributed by atoms with Crippen molar-refractivity contribution in [1.82, 2.24) is 4.98 Å². The van der Waals surface area contributed by atoms with E-state index in [0.717, 1.165) is 11.6 Å². The minimum absolute atomic E-state index is 0.185. The number of halogens is 3. The zero-order valence-electron chi connectivity index (χ0n) is 9.62. The second-order valence-electron chi connectivity index (χ2n) is 3.89. The summed E-state index contributed by atoms with van der Waals surface area (Å²) in [6, 6.07) is 9.37.